The molecular formula is C21H15NO7. The summed E-state index contributed by atoms with van der Waals surface area (Å²) in [6, 6.07) is 17.5. The Morgan fingerprint density at radius 1 is 0.552 bits per heavy atom. The van der Waals surface area contributed by atoms with E-state index in [1.54, 1.807) is 24.3 Å². The molecule has 0 radical (unpaired) electrons. The van der Waals surface area contributed by atoms with Gasteiger partial charge in [0, 0.05) is 0 Å². The van der Waals surface area contributed by atoms with Gasteiger partial charge in [-0.2, -0.15) is 5.06 Å². The fraction of sp³-hybridized carbons (Fsp3) is 0. The zero-order chi connectivity index (χ0) is 21.0. The Morgan fingerprint density at radius 2 is 0.862 bits per heavy atom. The van der Waals surface area contributed by atoms with E-state index in [0.29, 0.717) is 17.1 Å². The van der Waals surface area contributed by atoms with Gasteiger partial charge in [-0.05, 0) is 72.8 Å². The molecule has 146 valence electrons. The molecule has 0 aliphatic carbocycles. The van der Waals surface area contributed by atoms with Crippen molar-refractivity contribution in [2.24, 2.45) is 0 Å². The van der Waals surface area contributed by atoms with Gasteiger partial charge in [0.2, 0.25) is 0 Å². The van der Waals surface area contributed by atoms with Crippen molar-refractivity contribution in [2.45, 2.75) is 0 Å². The third kappa shape index (κ3) is 4.51. The van der Waals surface area contributed by atoms with Crippen LogP contribution in [0.5, 0.6) is 5.75 Å². The average Bonchev–Trinajstić information content (AvgIpc) is 2.72. The molecule has 0 aliphatic rings. The monoisotopic (exact) mass is 393 g/mol. The lowest BCUT2D eigenvalue weighted by Gasteiger charge is -2.25. The highest BCUT2D eigenvalue weighted by atomic mass is 16.7. The van der Waals surface area contributed by atoms with Crippen LogP contribution in [0.1, 0.15) is 31.1 Å². The van der Waals surface area contributed by atoms with Crippen LogP contribution in [0.25, 0.3) is 0 Å². The zero-order valence-electron chi connectivity index (χ0n) is 14.9. The normalized spacial score (nSPS) is 10.2. The van der Waals surface area contributed by atoms with Gasteiger partial charge < -0.3 is 20.2 Å². The van der Waals surface area contributed by atoms with E-state index in [-0.39, 0.29) is 16.7 Å². The summed E-state index contributed by atoms with van der Waals surface area (Å²) in [6.07, 6.45) is 0. The first-order chi connectivity index (χ1) is 13.8. The molecule has 0 saturated carbocycles. The topological polar surface area (TPSA) is 124 Å². The highest BCUT2D eigenvalue weighted by molar-refractivity contribution is 5.89. The molecule has 0 unspecified atom stereocenters. The van der Waals surface area contributed by atoms with Crippen molar-refractivity contribution >= 4 is 29.3 Å². The first-order valence-electron chi connectivity index (χ1n) is 8.33. The molecule has 8 nitrogen and oxygen atoms in total. The number of anilines is 2. The molecule has 0 spiro atoms. The summed E-state index contributed by atoms with van der Waals surface area (Å²) in [5.41, 5.74) is 1.27. The summed E-state index contributed by atoms with van der Waals surface area (Å²) in [7, 11) is 0. The molecule has 0 heterocycles. The Balaban J connectivity index is 1.97. The number of rotatable bonds is 7. The van der Waals surface area contributed by atoms with Crippen molar-refractivity contribution < 1.29 is 34.5 Å². The van der Waals surface area contributed by atoms with Gasteiger partial charge >= 0.3 is 17.9 Å². The number of benzene rings is 3. The van der Waals surface area contributed by atoms with Crippen molar-refractivity contribution in [1.82, 2.24) is 0 Å². The third-order valence-corrected chi connectivity index (χ3v) is 4.00. The summed E-state index contributed by atoms with van der Waals surface area (Å²) < 4.78 is 0. The Labute approximate surface area is 164 Å². The highest BCUT2D eigenvalue weighted by Crippen LogP contribution is 2.28. The lowest BCUT2D eigenvalue weighted by molar-refractivity contribution is 0.0686. The largest absolute Gasteiger partial charge is 0.478 e. The molecule has 3 rings (SSSR count). The van der Waals surface area contributed by atoms with E-state index in [2.05, 4.69) is 0 Å². The van der Waals surface area contributed by atoms with Gasteiger partial charge in [0.25, 0.3) is 0 Å². The van der Waals surface area contributed by atoms with E-state index in [1.807, 2.05) is 0 Å². The number of hydrogen-bond acceptors (Lipinski definition) is 5. The molecule has 29 heavy (non-hydrogen) atoms. The van der Waals surface area contributed by atoms with E-state index >= 15 is 0 Å². The predicted molar refractivity (Wildman–Crippen MR) is 103 cm³/mol. The number of hydrogen-bond donors (Lipinski definition) is 3. The number of nitrogens with zero attached hydrogens (tertiary/aromatic N) is 1. The summed E-state index contributed by atoms with van der Waals surface area (Å²) in [5.74, 6) is -2.88. The molecule has 0 amide bonds. The van der Waals surface area contributed by atoms with Gasteiger partial charge in [0.1, 0.15) is 0 Å². The fourth-order valence-electron chi connectivity index (χ4n) is 2.50. The van der Waals surface area contributed by atoms with Crippen molar-refractivity contribution in [1.29, 1.82) is 0 Å². The molecule has 0 atom stereocenters. The van der Waals surface area contributed by atoms with Crippen LogP contribution in [0.4, 0.5) is 11.4 Å². The summed E-state index contributed by atoms with van der Waals surface area (Å²) in [6.45, 7) is 0. The van der Waals surface area contributed by atoms with Crippen molar-refractivity contribution in [3.8, 4) is 5.75 Å². The molecule has 8 heteroatoms. The Morgan fingerprint density at radius 3 is 1.17 bits per heavy atom. The van der Waals surface area contributed by atoms with Crippen LogP contribution in [0.3, 0.4) is 0 Å². The lowest BCUT2D eigenvalue weighted by Crippen LogP contribution is -2.21. The van der Waals surface area contributed by atoms with Crippen molar-refractivity contribution in [2.75, 3.05) is 5.06 Å². The average molecular weight is 393 g/mol. The van der Waals surface area contributed by atoms with E-state index in [0.717, 1.165) is 0 Å². The minimum Gasteiger partial charge on any atom is -0.478 e. The third-order valence-electron chi connectivity index (χ3n) is 4.00. The van der Waals surface area contributed by atoms with Crippen LogP contribution in [0, 0.1) is 0 Å². The molecule has 0 aromatic heterocycles. The second-order valence-electron chi connectivity index (χ2n) is 5.92. The molecule has 0 saturated heterocycles. The van der Waals surface area contributed by atoms with Gasteiger partial charge in [-0.25, -0.2) is 14.4 Å². The first-order valence-corrected chi connectivity index (χ1v) is 8.33. The number of carboxylic acids is 3. The minimum absolute atomic E-state index is 0.0977. The van der Waals surface area contributed by atoms with Crippen LogP contribution in [-0.2, 0) is 0 Å². The van der Waals surface area contributed by atoms with Gasteiger partial charge in [-0.1, -0.05) is 0 Å². The smallest absolute Gasteiger partial charge is 0.335 e. The van der Waals surface area contributed by atoms with Crippen LogP contribution < -0.4 is 9.90 Å². The maximum Gasteiger partial charge on any atom is 0.335 e. The molecule has 3 aromatic rings. The Kier molecular flexibility index (Phi) is 5.45. The maximum absolute atomic E-state index is 11.1. The molecule has 0 bridgehead atoms. The lowest BCUT2D eigenvalue weighted by atomic mass is 10.1. The van der Waals surface area contributed by atoms with Crippen LogP contribution in [-0.4, -0.2) is 33.2 Å². The number of carboxylic acid groups (broad SMARTS) is 3. The van der Waals surface area contributed by atoms with Gasteiger partial charge in [-0.15, -0.1) is 0 Å². The van der Waals surface area contributed by atoms with Crippen molar-refractivity contribution in [3.05, 3.63) is 89.5 Å². The van der Waals surface area contributed by atoms with Gasteiger partial charge in [-0.3, -0.25) is 0 Å². The molecule has 3 N–H and O–H groups in total. The SMILES string of the molecule is O=C(O)c1ccc(ON(c2ccc(C(=O)O)cc2)c2ccc(C(=O)O)cc2)cc1. The summed E-state index contributed by atoms with van der Waals surface area (Å²) in [5, 5.41) is 28.5. The molecule has 3 aromatic carbocycles. The first kappa shape index (κ1) is 19.4. The molecule has 0 aliphatic heterocycles. The zero-order valence-corrected chi connectivity index (χ0v) is 14.9. The van der Waals surface area contributed by atoms with E-state index in [9.17, 15) is 14.4 Å². The quantitative estimate of drug-likeness (QED) is 0.516. The second-order valence-corrected chi connectivity index (χ2v) is 5.92. The molecular weight excluding hydrogens is 378 g/mol. The Bertz CT molecular complexity index is 984. The van der Waals surface area contributed by atoms with E-state index in [4.69, 9.17) is 20.2 Å². The minimum atomic E-state index is -1.07. The van der Waals surface area contributed by atoms with Gasteiger partial charge in [0.15, 0.2) is 5.75 Å². The van der Waals surface area contributed by atoms with Crippen LogP contribution in [0.2, 0.25) is 0 Å². The highest BCUT2D eigenvalue weighted by Gasteiger charge is 2.15. The Hall–Kier alpha value is -4.33. The number of carbonyl (C=O) groups is 3. The fourth-order valence-corrected chi connectivity index (χ4v) is 2.50. The summed E-state index contributed by atoms with van der Waals surface area (Å²) >= 11 is 0. The van der Waals surface area contributed by atoms with Gasteiger partial charge in [0.05, 0.1) is 28.1 Å². The molecule has 0 fully saturated rings. The second kappa shape index (κ2) is 8.13. The van der Waals surface area contributed by atoms with Crippen LogP contribution in [0.15, 0.2) is 72.8 Å². The van der Waals surface area contributed by atoms with Crippen LogP contribution >= 0.6 is 0 Å². The predicted octanol–water partition coefficient (Wildman–Crippen LogP) is 3.91. The van der Waals surface area contributed by atoms with E-state index < -0.39 is 17.9 Å². The number of aromatic carboxylic acids is 3. The van der Waals surface area contributed by atoms with Crippen molar-refractivity contribution in [3.63, 3.8) is 0 Å². The van der Waals surface area contributed by atoms with E-state index in [1.165, 1.54) is 53.6 Å². The summed E-state index contributed by atoms with van der Waals surface area (Å²) in [4.78, 5) is 39.0. The standard InChI is InChI=1S/C21H15NO7/c23-19(24)13-1-7-16(8-2-13)22(17-9-3-14(4-10-17)20(25)26)29-18-11-5-15(6-12-18)21(27)28/h1-12H,(H,23,24)(H,25,26)(H,27,28). The maximum atomic E-state index is 11.1.